The molecule has 0 aliphatic heterocycles. The van der Waals surface area contributed by atoms with Crippen LogP contribution >= 0.6 is 0 Å². The van der Waals surface area contributed by atoms with E-state index >= 15 is 0 Å². The minimum Gasteiger partial charge on any atom is -0.337 e. The molecule has 0 aliphatic rings. The quantitative estimate of drug-likeness (QED) is 0.610. The van der Waals surface area contributed by atoms with Gasteiger partial charge in [-0.25, -0.2) is 10.4 Å². The molecule has 2 heterocycles. The minimum atomic E-state index is -0.0273. The van der Waals surface area contributed by atoms with Crippen molar-refractivity contribution in [2.45, 2.75) is 32.4 Å². The van der Waals surface area contributed by atoms with Crippen LogP contribution in [0.4, 0.5) is 0 Å². The zero-order valence-electron chi connectivity index (χ0n) is 11.0. The lowest BCUT2D eigenvalue weighted by Gasteiger charge is -2.14. The number of hydrogen-bond donors (Lipinski definition) is 2. The van der Waals surface area contributed by atoms with Gasteiger partial charge in [-0.3, -0.25) is 10.5 Å². The molecule has 6 heteroatoms. The Morgan fingerprint density at radius 3 is 2.67 bits per heavy atom. The van der Waals surface area contributed by atoms with Crippen molar-refractivity contribution < 1.29 is 0 Å². The first-order valence-corrected chi connectivity index (χ1v) is 6.09. The van der Waals surface area contributed by atoms with E-state index in [1.165, 1.54) is 0 Å². The van der Waals surface area contributed by atoms with Crippen LogP contribution in [-0.2, 0) is 13.5 Å². The van der Waals surface area contributed by atoms with Crippen LogP contribution < -0.4 is 11.3 Å². The molecule has 0 radical (unpaired) electrons. The maximum atomic E-state index is 5.61. The van der Waals surface area contributed by atoms with Crippen molar-refractivity contribution in [1.29, 1.82) is 0 Å². The van der Waals surface area contributed by atoms with Crippen molar-refractivity contribution in [3.63, 3.8) is 0 Å². The smallest absolute Gasteiger partial charge is 0.127 e. The van der Waals surface area contributed by atoms with Crippen LogP contribution in [0.1, 0.15) is 37.4 Å². The van der Waals surface area contributed by atoms with Crippen LogP contribution in [0.15, 0.2) is 24.7 Å². The molecule has 0 spiro atoms. The molecule has 0 fully saturated rings. The summed E-state index contributed by atoms with van der Waals surface area (Å²) >= 11 is 0. The lowest BCUT2D eigenvalue weighted by Crippen LogP contribution is -2.31. The topological polar surface area (TPSA) is 73.7 Å². The monoisotopic (exact) mass is 248 g/mol. The molecule has 0 amide bonds. The van der Waals surface area contributed by atoms with Gasteiger partial charge in [0.2, 0.25) is 0 Å². The highest BCUT2D eigenvalue weighted by molar-refractivity contribution is 5.07. The van der Waals surface area contributed by atoms with Gasteiger partial charge in [-0.15, -0.1) is 0 Å². The fraction of sp³-hybridized carbons (Fsp3) is 0.500. The maximum absolute atomic E-state index is 5.61. The molecule has 0 bridgehead atoms. The summed E-state index contributed by atoms with van der Waals surface area (Å²) in [5.41, 5.74) is 3.81. The van der Waals surface area contributed by atoms with E-state index in [0.29, 0.717) is 6.04 Å². The van der Waals surface area contributed by atoms with E-state index < -0.39 is 0 Å². The van der Waals surface area contributed by atoms with Gasteiger partial charge in [-0.1, -0.05) is 0 Å². The molecule has 0 aromatic carbocycles. The van der Waals surface area contributed by atoms with Crippen LogP contribution in [-0.4, -0.2) is 19.3 Å². The summed E-state index contributed by atoms with van der Waals surface area (Å²) in [6.45, 7) is 4.21. The van der Waals surface area contributed by atoms with Crippen molar-refractivity contribution in [2.24, 2.45) is 12.9 Å². The molecule has 3 N–H and O–H groups in total. The maximum Gasteiger partial charge on any atom is 0.127 e. The fourth-order valence-corrected chi connectivity index (χ4v) is 1.92. The summed E-state index contributed by atoms with van der Waals surface area (Å²) in [5, 5.41) is 4.52. The van der Waals surface area contributed by atoms with Gasteiger partial charge in [0.15, 0.2) is 0 Å². The molecular weight excluding hydrogens is 228 g/mol. The van der Waals surface area contributed by atoms with Gasteiger partial charge in [0.05, 0.1) is 11.7 Å². The third-order valence-electron chi connectivity index (χ3n) is 2.98. The zero-order chi connectivity index (χ0) is 13.1. The summed E-state index contributed by atoms with van der Waals surface area (Å²) in [7, 11) is 1.96. The Morgan fingerprint density at radius 1 is 1.39 bits per heavy atom. The lowest BCUT2D eigenvalue weighted by atomic mass is 10.1. The average molecular weight is 248 g/mol. The number of nitrogens with two attached hydrogens (primary N) is 1. The second-order valence-electron chi connectivity index (χ2n) is 4.70. The molecule has 0 saturated carbocycles. The Kier molecular flexibility index (Phi) is 3.78. The third-order valence-corrected chi connectivity index (χ3v) is 2.98. The summed E-state index contributed by atoms with van der Waals surface area (Å²) in [6, 6.07) is 2.37. The first kappa shape index (κ1) is 12.8. The number of nitrogens with zero attached hydrogens (tertiary/aromatic N) is 4. The van der Waals surface area contributed by atoms with Gasteiger partial charge in [-0.05, 0) is 19.9 Å². The normalized spacial score (nSPS) is 13.2. The fourth-order valence-electron chi connectivity index (χ4n) is 1.92. The summed E-state index contributed by atoms with van der Waals surface area (Å²) < 4.78 is 3.91. The molecule has 1 atom stereocenters. The van der Waals surface area contributed by atoms with Gasteiger partial charge in [0.25, 0.3) is 0 Å². The Hall–Kier alpha value is -1.66. The van der Waals surface area contributed by atoms with Crippen LogP contribution in [0.5, 0.6) is 0 Å². The number of hydrazine groups is 1. The van der Waals surface area contributed by atoms with Crippen LogP contribution in [0.3, 0.4) is 0 Å². The Balaban J connectivity index is 2.13. The zero-order valence-corrected chi connectivity index (χ0v) is 11.0. The van der Waals surface area contributed by atoms with Gasteiger partial charge >= 0.3 is 0 Å². The number of imidazole rings is 1. The van der Waals surface area contributed by atoms with E-state index in [4.69, 9.17) is 5.84 Å². The molecular formula is C12H20N6. The highest BCUT2D eigenvalue weighted by atomic mass is 15.3. The van der Waals surface area contributed by atoms with Crippen molar-refractivity contribution in [1.82, 2.24) is 24.8 Å². The van der Waals surface area contributed by atoms with Gasteiger partial charge in [0, 0.05) is 38.1 Å². The number of aromatic nitrogens is 4. The van der Waals surface area contributed by atoms with Crippen molar-refractivity contribution in [3.8, 4) is 0 Å². The SMILES string of the molecule is CC(C)n1ccc(CC(NN)c2nccn2C)n1. The molecule has 98 valence electrons. The highest BCUT2D eigenvalue weighted by Gasteiger charge is 2.16. The first-order valence-electron chi connectivity index (χ1n) is 6.09. The van der Waals surface area contributed by atoms with Gasteiger partial charge < -0.3 is 4.57 Å². The van der Waals surface area contributed by atoms with Gasteiger partial charge in [0.1, 0.15) is 5.82 Å². The van der Waals surface area contributed by atoms with E-state index in [1.54, 1.807) is 6.20 Å². The first-order chi connectivity index (χ1) is 8.61. The van der Waals surface area contributed by atoms with E-state index in [-0.39, 0.29) is 6.04 Å². The van der Waals surface area contributed by atoms with Crippen molar-refractivity contribution in [3.05, 3.63) is 36.2 Å². The van der Waals surface area contributed by atoms with Crippen molar-refractivity contribution in [2.75, 3.05) is 0 Å². The molecule has 2 aromatic rings. The molecule has 2 rings (SSSR count). The van der Waals surface area contributed by atoms with Crippen molar-refractivity contribution >= 4 is 0 Å². The highest BCUT2D eigenvalue weighted by Crippen LogP contribution is 2.15. The molecule has 1 unspecified atom stereocenters. The predicted octanol–water partition coefficient (Wildman–Crippen LogP) is 0.945. The van der Waals surface area contributed by atoms with E-state index in [2.05, 4.69) is 29.4 Å². The molecule has 18 heavy (non-hydrogen) atoms. The molecule has 6 nitrogen and oxygen atoms in total. The number of aryl methyl sites for hydroxylation is 1. The largest absolute Gasteiger partial charge is 0.337 e. The van der Waals surface area contributed by atoms with Gasteiger partial charge in [-0.2, -0.15) is 5.10 Å². The Morgan fingerprint density at radius 2 is 2.17 bits per heavy atom. The Labute approximate surface area is 107 Å². The molecule has 0 aliphatic carbocycles. The lowest BCUT2D eigenvalue weighted by molar-refractivity contribution is 0.486. The van der Waals surface area contributed by atoms with Crippen LogP contribution in [0, 0.1) is 0 Å². The minimum absolute atomic E-state index is 0.0273. The molecule has 0 saturated heterocycles. The van der Waals surface area contributed by atoms with E-state index in [9.17, 15) is 0 Å². The second kappa shape index (κ2) is 5.32. The number of nitrogens with one attached hydrogen (secondary N) is 1. The van der Waals surface area contributed by atoms with Crippen LogP contribution in [0.2, 0.25) is 0 Å². The second-order valence-corrected chi connectivity index (χ2v) is 4.70. The van der Waals surface area contributed by atoms with E-state index in [1.807, 2.05) is 34.8 Å². The Bertz CT molecular complexity index is 498. The summed E-state index contributed by atoms with van der Waals surface area (Å²) in [4.78, 5) is 4.31. The van der Waals surface area contributed by atoms with E-state index in [0.717, 1.165) is 17.9 Å². The summed E-state index contributed by atoms with van der Waals surface area (Å²) in [5.74, 6) is 6.52. The standard InChI is InChI=1S/C12H20N6/c1-9(2)18-6-4-10(16-18)8-11(15-13)12-14-5-7-17(12)3/h4-7,9,11,15H,8,13H2,1-3H3. The predicted molar refractivity (Wildman–Crippen MR) is 69.6 cm³/mol. The number of hydrogen-bond acceptors (Lipinski definition) is 4. The van der Waals surface area contributed by atoms with Crippen LogP contribution in [0.25, 0.3) is 0 Å². The molecule has 2 aromatic heterocycles. The average Bonchev–Trinajstić information content (AvgIpc) is 2.95. The summed E-state index contributed by atoms with van der Waals surface area (Å²) in [6.07, 6.45) is 6.39. The number of rotatable bonds is 5. The third kappa shape index (κ3) is 2.60.